The van der Waals surface area contributed by atoms with Crippen LogP contribution in [0.25, 0.3) is 0 Å². The number of amides is 1. The second kappa shape index (κ2) is 4.59. The van der Waals surface area contributed by atoms with Gasteiger partial charge < -0.3 is 9.88 Å². The van der Waals surface area contributed by atoms with E-state index in [1.807, 2.05) is 31.6 Å². The van der Waals surface area contributed by atoms with Gasteiger partial charge in [-0.25, -0.2) is 0 Å². The zero-order chi connectivity index (χ0) is 8.81. The molecule has 12 heavy (non-hydrogen) atoms. The van der Waals surface area contributed by atoms with Crippen LogP contribution in [0.1, 0.15) is 12.8 Å². The van der Waals surface area contributed by atoms with Gasteiger partial charge in [-0.05, 0) is 18.6 Å². The van der Waals surface area contributed by atoms with Crippen LogP contribution in [0.3, 0.4) is 0 Å². The quantitative estimate of drug-likeness (QED) is 0.618. The molecule has 0 saturated carbocycles. The lowest BCUT2D eigenvalue weighted by Gasteiger charge is -2.03. The second-order valence-electron chi connectivity index (χ2n) is 2.80. The summed E-state index contributed by atoms with van der Waals surface area (Å²) in [5.74, 6) is 0.292. The molecule has 0 atom stereocenters. The summed E-state index contributed by atoms with van der Waals surface area (Å²) in [6.45, 7) is 0.957. The molecular weight excluding hydrogens is 152 g/mol. The summed E-state index contributed by atoms with van der Waals surface area (Å²) in [5.41, 5.74) is 0. The van der Waals surface area contributed by atoms with Crippen LogP contribution in [0, 0.1) is 0 Å². The Bertz CT molecular complexity index is 201. The molecule has 1 aromatic rings. The second-order valence-corrected chi connectivity index (χ2v) is 2.80. The maximum absolute atomic E-state index is 10.5. The topological polar surface area (TPSA) is 36.1 Å². The first kappa shape index (κ1) is 8.84. The largest absolute Gasteiger partial charge is 0.368 e. The number of rotatable bonds is 0. The highest BCUT2D eigenvalue weighted by molar-refractivity contribution is 5.77. The van der Waals surface area contributed by atoms with Crippen molar-refractivity contribution in [2.75, 3.05) is 13.6 Å². The minimum absolute atomic E-state index is 0.292. The third-order valence-electron chi connectivity index (χ3n) is 1.81. The average Bonchev–Trinajstić information content (AvgIpc) is 2.67. The van der Waals surface area contributed by atoms with Gasteiger partial charge in [0.1, 0.15) is 0 Å². The summed E-state index contributed by atoms with van der Waals surface area (Å²) in [5, 5.41) is 0. The Morgan fingerprint density at radius 3 is 2.25 bits per heavy atom. The normalized spacial score (nSPS) is 15.8. The molecule has 1 aromatic heterocycles. The van der Waals surface area contributed by atoms with Crippen molar-refractivity contribution in [3.63, 3.8) is 0 Å². The number of carbonyl (C=O) groups is 1. The van der Waals surface area contributed by atoms with Crippen molar-refractivity contribution in [2.24, 2.45) is 0 Å². The molecule has 2 heterocycles. The number of aromatic nitrogens is 1. The van der Waals surface area contributed by atoms with Crippen LogP contribution in [0.5, 0.6) is 0 Å². The molecule has 1 aliphatic rings. The van der Waals surface area contributed by atoms with Crippen LogP contribution in [-0.4, -0.2) is 29.4 Å². The monoisotopic (exact) mass is 166 g/mol. The summed E-state index contributed by atoms with van der Waals surface area (Å²) in [6.07, 6.45) is 5.56. The predicted octanol–water partition coefficient (Wildman–Crippen LogP) is 1.25. The molecule has 0 aromatic carbocycles. The zero-order valence-corrected chi connectivity index (χ0v) is 7.29. The van der Waals surface area contributed by atoms with Gasteiger partial charge in [0, 0.05) is 32.4 Å². The predicted molar refractivity (Wildman–Crippen MR) is 47.7 cm³/mol. The first-order chi connectivity index (χ1) is 5.80. The zero-order valence-electron chi connectivity index (χ0n) is 7.29. The number of carbonyl (C=O) groups excluding carboxylic acids is 1. The molecule has 1 aliphatic heterocycles. The number of nitrogens with one attached hydrogen (secondary N) is 1. The van der Waals surface area contributed by atoms with E-state index >= 15 is 0 Å². The summed E-state index contributed by atoms with van der Waals surface area (Å²) in [4.78, 5) is 15.1. The van der Waals surface area contributed by atoms with Crippen molar-refractivity contribution in [2.45, 2.75) is 12.8 Å². The summed E-state index contributed by atoms with van der Waals surface area (Å²) in [7, 11) is 1.84. The van der Waals surface area contributed by atoms with Crippen molar-refractivity contribution in [3.8, 4) is 0 Å². The Balaban J connectivity index is 0.000000127. The van der Waals surface area contributed by atoms with Crippen LogP contribution in [0.15, 0.2) is 24.5 Å². The fourth-order valence-electron chi connectivity index (χ4n) is 1.06. The molecule has 0 bridgehead atoms. The van der Waals surface area contributed by atoms with Crippen molar-refractivity contribution in [1.29, 1.82) is 0 Å². The van der Waals surface area contributed by atoms with Gasteiger partial charge in [-0.2, -0.15) is 0 Å². The van der Waals surface area contributed by atoms with Gasteiger partial charge in [-0.15, -0.1) is 0 Å². The first-order valence-electron chi connectivity index (χ1n) is 4.12. The van der Waals surface area contributed by atoms with Gasteiger partial charge in [0.2, 0.25) is 5.91 Å². The molecular formula is C9H14N2O. The van der Waals surface area contributed by atoms with Crippen molar-refractivity contribution < 1.29 is 4.79 Å². The van der Waals surface area contributed by atoms with Gasteiger partial charge in [0.15, 0.2) is 0 Å². The Morgan fingerprint density at radius 1 is 1.42 bits per heavy atom. The van der Waals surface area contributed by atoms with Crippen molar-refractivity contribution in [3.05, 3.63) is 24.5 Å². The Kier molecular flexibility index (Phi) is 3.38. The van der Waals surface area contributed by atoms with Crippen LogP contribution < -0.4 is 0 Å². The molecule has 0 aliphatic carbocycles. The molecule has 3 nitrogen and oxygen atoms in total. The molecule has 0 radical (unpaired) electrons. The Hall–Kier alpha value is -1.25. The summed E-state index contributed by atoms with van der Waals surface area (Å²) in [6, 6.07) is 3.89. The van der Waals surface area contributed by atoms with Crippen molar-refractivity contribution in [1.82, 2.24) is 9.88 Å². The smallest absolute Gasteiger partial charge is 0.222 e. The third kappa shape index (κ3) is 2.78. The molecule has 0 unspecified atom stereocenters. The molecule has 0 spiro atoms. The minimum Gasteiger partial charge on any atom is -0.368 e. The van der Waals surface area contributed by atoms with Gasteiger partial charge in [0.05, 0.1) is 0 Å². The maximum atomic E-state index is 10.5. The molecule has 3 heteroatoms. The number of likely N-dealkylation sites (tertiary alicyclic amines) is 1. The lowest BCUT2D eigenvalue weighted by Crippen LogP contribution is -2.17. The van der Waals surface area contributed by atoms with Crippen LogP contribution in [0.4, 0.5) is 0 Å². The van der Waals surface area contributed by atoms with Gasteiger partial charge >= 0.3 is 0 Å². The Labute approximate surface area is 72.4 Å². The summed E-state index contributed by atoms with van der Waals surface area (Å²) >= 11 is 0. The van der Waals surface area contributed by atoms with E-state index in [0.29, 0.717) is 5.91 Å². The molecule has 2 rings (SSSR count). The fraction of sp³-hybridized carbons (Fsp3) is 0.444. The van der Waals surface area contributed by atoms with Gasteiger partial charge in [-0.1, -0.05) is 0 Å². The number of H-pyrrole nitrogens is 1. The van der Waals surface area contributed by atoms with E-state index in [-0.39, 0.29) is 0 Å². The lowest BCUT2D eigenvalue weighted by atomic mass is 10.4. The van der Waals surface area contributed by atoms with Crippen LogP contribution in [0.2, 0.25) is 0 Å². The van der Waals surface area contributed by atoms with E-state index in [0.717, 1.165) is 19.4 Å². The first-order valence-corrected chi connectivity index (χ1v) is 4.12. The molecule has 1 amide bonds. The molecule has 1 saturated heterocycles. The van der Waals surface area contributed by atoms with Gasteiger partial charge in [-0.3, -0.25) is 4.79 Å². The highest BCUT2D eigenvalue weighted by Gasteiger charge is 2.14. The highest BCUT2D eigenvalue weighted by atomic mass is 16.2. The Morgan fingerprint density at radius 2 is 2.08 bits per heavy atom. The number of hydrogen-bond donors (Lipinski definition) is 1. The van der Waals surface area contributed by atoms with Crippen LogP contribution in [-0.2, 0) is 4.79 Å². The molecule has 1 fully saturated rings. The van der Waals surface area contributed by atoms with E-state index in [1.165, 1.54) is 0 Å². The van der Waals surface area contributed by atoms with E-state index in [4.69, 9.17) is 0 Å². The fourth-order valence-corrected chi connectivity index (χ4v) is 1.06. The number of hydrogen-bond acceptors (Lipinski definition) is 1. The lowest BCUT2D eigenvalue weighted by molar-refractivity contribution is -0.126. The van der Waals surface area contributed by atoms with E-state index in [1.54, 1.807) is 4.90 Å². The summed E-state index contributed by atoms with van der Waals surface area (Å²) < 4.78 is 0. The average molecular weight is 166 g/mol. The minimum atomic E-state index is 0.292. The highest BCUT2D eigenvalue weighted by Crippen LogP contribution is 2.04. The number of aromatic amines is 1. The van der Waals surface area contributed by atoms with Crippen molar-refractivity contribution >= 4 is 5.91 Å². The van der Waals surface area contributed by atoms with Crippen LogP contribution >= 0.6 is 0 Å². The standard InChI is InChI=1S/C5H9NO.C4H5N/c1-6-4-2-3-5(6)7;1-2-4-5-3-1/h2-4H2,1H3;1-5H. The van der Waals surface area contributed by atoms with E-state index in [9.17, 15) is 4.79 Å². The van der Waals surface area contributed by atoms with E-state index < -0.39 is 0 Å². The maximum Gasteiger partial charge on any atom is 0.222 e. The van der Waals surface area contributed by atoms with E-state index in [2.05, 4.69) is 4.98 Å². The van der Waals surface area contributed by atoms with Gasteiger partial charge in [0.25, 0.3) is 0 Å². The number of nitrogens with zero attached hydrogens (tertiary/aromatic N) is 1. The molecule has 66 valence electrons. The third-order valence-corrected chi connectivity index (χ3v) is 1.81. The molecule has 1 N–H and O–H groups in total. The SMILES string of the molecule is CN1CCCC1=O.c1cc[nH]c1.